The highest BCUT2D eigenvalue weighted by molar-refractivity contribution is 6.12. The van der Waals surface area contributed by atoms with Gasteiger partial charge in [0.1, 0.15) is 18.3 Å². The van der Waals surface area contributed by atoms with Gasteiger partial charge in [0.2, 0.25) is 0 Å². The highest BCUT2D eigenvalue weighted by Gasteiger charge is 2.47. The van der Waals surface area contributed by atoms with Crippen molar-refractivity contribution >= 4 is 17.7 Å². The summed E-state index contributed by atoms with van der Waals surface area (Å²) in [5.41, 5.74) is 2.64. The average molecular weight is 472 g/mol. The fourth-order valence-electron chi connectivity index (χ4n) is 4.64. The van der Waals surface area contributed by atoms with E-state index in [2.05, 4.69) is 5.32 Å². The Bertz CT molecular complexity index is 1020. The van der Waals surface area contributed by atoms with Crippen molar-refractivity contribution in [2.24, 2.45) is 11.8 Å². The molecule has 1 N–H and O–H groups in total. The molecule has 184 valence electrons. The smallest absolute Gasteiger partial charge is 0.336 e. The zero-order valence-electron chi connectivity index (χ0n) is 20.6. The topological polar surface area (TPSA) is 100 Å². The van der Waals surface area contributed by atoms with E-state index in [-0.39, 0.29) is 31.0 Å². The van der Waals surface area contributed by atoms with Crippen LogP contribution in [0.1, 0.15) is 45.6 Å². The van der Waals surface area contributed by atoms with E-state index in [9.17, 15) is 14.4 Å². The Morgan fingerprint density at radius 3 is 2.50 bits per heavy atom. The fraction of sp³-hybridized carbons (Fsp3) is 0.500. The third kappa shape index (κ3) is 5.01. The number of dihydropyridines is 1. The first-order valence-corrected chi connectivity index (χ1v) is 11.5. The number of ether oxygens (including phenoxy) is 4. The summed E-state index contributed by atoms with van der Waals surface area (Å²) in [7, 11) is 2.80. The fourth-order valence-corrected chi connectivity index (χ4v) is 4.64. The number of para-hydroxylation sites is 1. The zero-order valence-corrected chi connectivity index (χ0v) is 20.6. The van der Waals surface area contributed by atoms with Crippen molar-refractivity contribution in [3.63, 3.8) is 0 Å². The number of methoxy groups -OCH3 is 2. The number of Topliss-reactive ketones (excluding diaryl/α,β-unsaturated/α-hetero) is 1. The number of hydrogen-bond acceptors (Lipinski definition) is 8. The summed E-state index contributed by atoms with van der Waals surface area (Å²) < 4.78 is 21.5. The Balaban J connectivity index is 2.18. The minimum atomic E-state index is -0.949. The lowest BCUT2D eigenvalue weighted by Gasteiger charge is -2.38. The summed E-state index contributed by atoms with van der Waals surface area (Å²) in [6.07, 6.45) is 0.344. The number of ketones is 1. The molecule has 1 aliphatic heterocycles. The van der Waals surface area contributed by atoms with E-state index in [4.69, 9.17) is 18.9 Å². The van der Waals surface area contributed by atoms with Crippen molar-refractivity contribution in [3.05, 3.63) is 52.4 Å². The molecule has 0 amide bonds. The van der Waals surface area contributed by atoms with Gasteiger partial charge in [-0.1, -0.05) is 25.1 Å². The molecule has 8 heteroatoms. The maximum Gasteiger partial charge on any atom is 0.336 e. The van der Waals surface area contributed by atoms with Crippen LogP contribution in [0.5, 0.6) is 5.75 Å². The summed E-state index contributed by atoms with van der Waals surface area (Å²) >= 11 is 0. The minimum absolute atomic E-state index is 0.0741. The van der Waals surface area contributed by atoms with Crippen LogP contribution in [-0.4, -0.2) is 51.3 Å². The second kappa shape index (κ2) is 10.9. The molecule has 2 aliphatic rings. The number of hydrogen-bond donors (Lipinski definition) is 1. The first-order valence-electron chi connectivity index (χ1n) is 11.5. The van der Waals surface area contributed by atoms with Crippen LogP contribution < -0.4 is 10.1 Å². The number of esters is 2. The third-order valence-electron chi connectivity index (χ3n) is 6.08. The number of carbonyl (C=O) groups is 3. The zero-order chi connectivity index (χ0) is 25.0. The lowest BCUT2D eigenvalue weighted by molar-refractivity contribution is -0.151. The van der Waals surface area contributed by atoms with Gasteiger partial charge in [0, 0.05) is 29.6 Å². The molecule has 1 aromatic rings. The van der Waals surface area contributed by atoms with Crippen molar-refractivity contribution in [1.29, 1.82) is 0 Å². The minimum Gasteiger partial charge on any atom is -0.491 e. The van der Waals surface area contributed by atoms with Crippen LogP contribution in [0.15, 0.2) is 46.8 Å². The maximum atomic E-state index is 13.8. The van der Waals surface area contributed by atoms with Gasteiger partial charge in [0.05, 0.1) is 31.3 Å². The SMILES string of the molecule is COCCOC(=O)C1=C(C)NC2=C(C(=O)C(C(=O)OC)C(C)C2)C1c1ccccc1OC(C)C. The molecule has 34 heavy (non-hydrogen) atoms. The average Bonchev–Trinajstić information content (AvgIpc) is 2.78. The van der Waals surface area contributed by atoms with Crippen molar-refractivity contribution < 1.29 is 33.3 Å². The number of allylic oxidation sites excluding steroid dienone is 3. The van der Waals surface area contributed by atoms with E-state index >= 15 is 0 Å². The van der Waals surface area contributed by atoms with E-state index in [0.717, 1.165) is 0 Å². The summed E-state index contributed by atoms with van der Waals surface area (Å²) in [5.74, 6) is -2.88. The van der Waals surface area contributed by atoms with Crippen molar-refractivity contribution in [3.8, 4) is 5.75 Å². The number of carbonyl (C=O) groups excluding carboxylic acids is 3. The molecule has 1 aliphatic carbocycles. The summed E-state index contributed by atoms with van der Waals surface area (Å²) in [6, 6.07) is 7.33. The number of benzene rings is 1. The van der Waals surface area contributed by atoms with Gasteiger partial charge in [0.15, 0.2) is 5.78 Å². The van der Waals surface area contributed by atoms with E-state index in [1.165, 1.54) is 14.2 Å². The molecule has 3 unspecified atom stereocenters. The quantitative estimate of drug-likeness (QED) is 0.350. The second-order valence-electron chi connectivity index (χ2n) is 8.87. The van der Waals surface area contributed by atoms with Gasteiger partial charge in [-0.25, -0.2) is 4.79 Å². The van der Waals surface area contributed by atoms with Gasteiger partial charge >= 0.3 is 11.9 Å². The van der Waals surface area contributed by atoms with E-state index in [1.807, 2.05) is 45.0 Å². The molecule has 0 bridgehead atoms. The predicted molar refractivity (Wildman–Crippen MR) is 125 cm³/mol. The molecule has 0 aromatic heterocycles. The Kier molecular flexibility index (Phi) is 8.15. The summed E-state index contributed by atoms with van der Waals surface area (Å²) in [4.78, 5) is 39.6. The van der Waals surface area contributed by atoms with Gasteiger partial charge in [-0.05, 0) is 39.2 Å². The summed E-state index contributed by atoms with van der Waals surface area (Å²) in [5, 5.41) is 3.25. The van der Waals surface area contributed by atoms with E-state index < -0.39 is 23.8 Å². The lowest BCUT2D eigenvalue weighted by Crippen LogP contribution is -2.43. The van der Waals surface area contributed by atoms with Crippen LogP contribution in [0.3, 0.4) is 0 Å². The van der Waals surface area contributed by atoms with E-state index in [0.29, 0.717) is 40.3 Å². The number of rotatable bonds is 8. The predicted octanol–water partition coefficient (Wildman–Crippen LogP) is 3.28. The van der Waals surface area contributed by atoms with Crippen LogP contribution in [0.2, 0.25) is 0 Å². The number of nitrogens with one attached hydrogen (secondary N) is 1. The highest BCUT2D eigenvalue weighted by Crippen LogP contribution is 2.47. The Hall–Kier alpha value is -3.13. The van der Waals surface area contributed by atoms with Crippen molar-refractivity contribution in [2.45, 2.75) is 46.1 Å². The van der Waals surface area contributed by atoms with Gasteiger partial charge in [-0.15, -0.1) is 0 Å². The molecule has 8 nitrogen and oxygen atoms in total. The molecular formula is C26H33NO7. The molecule has 0 radical (unpaired) electrons. The molecule has 3 atom stereocenters. The molecule has 3 rings (SSSR count). The Morgan fingerprint density at radius 2 is 1.85 bits per heavy atom. The van der Waals surface area contributed by atoms with Crippen LogP contribution in [0.4, 0.5) is 0 Å². The van der Waals surface area contributed by atoms with Crippen molar-refractivity contribution in [2.75, 3.05) is 27.4 Å². The van der Waals surface area contributed by atoms with E-state index in [1.54, 1.807) is 6.92 Å². The first-order chi connectivity index (χ1) is 16.2. The third-order valence-corrected chi connectivity index (χ3v) is 6.08. The second-order valence-corrected chi connectivity index (χ2v) is 8.87. The molecule has 1 heterocycles. The van der Waals surface area contributed by atoms with Gasteiger partial charge in [-0.2, -0.15) is 0 Å². The monoisotopic (exact) mass is 471 g/mol. The van der Waals surface area contributed by atoms with Gasteiger partial charge in [-0.3, -0.25) is 9.59 Å². The normalized spacial score (nSPS) is 22.3. The largest absolute Gasteiger partial charge is 0.491 e. The maximum absolute atomic E-state index is 13.8. The molecular weight excluding hydrogens is 438 g/mol. The first kappa shape index (κ1) is 25.5. The lowest BCUT2D eigenvalue weighted by atomic mass is 9.69. The highest BCUT2D eigenvalue weighted by atomic mass is 16.6. The standard InChI is InChI=1S/C26H33NO7/c1-14(2)34-19-10-8-7-9-17(19)22-21(26(30)33-12-11-31-5)16(4)27-18-13-15(3)20(25(29)32-6)24(28)23(18)22/h7-10,14-15,20,22,27H,11-13H2,1-6H3. The van der Waals surface area contributed by atoms with Crippen molar-refractivity contribution in [1.82, 2.24) is 5.32 Å². The molecule has 1 aromatic carbocycles. The molecule has 0 saturated heterocycles. The molecule has 0 fully saturated rings. The van der Waals surface area contributed by atoms with Crippen LogP contribution in [0.25, 0.3) is 0 Å². The molecule has 0 spiro atoms. The van der Waals surface area contributed by atoms with Crippen LogP contribution in [-0.2, 0) is 28.6 Å². The van der Waals surface area contributed by atoms with Gasteiger partial charge < -0.3 is 24.3 Å². The Labute approximate surface area is 200 Å². The van der Waals surface area contributed by atoms with Crippen LogP contribution >= 0.6 is 0 Å². The molecule has 0 saturated carbocycles. The Morgan fingerprint density at radius 1 is 1.15 bits per heavy atom. The van der Waals surface area contributed by atoms with Crippen LogP contribution in [0, 0.1) is 11.8 Å². The summed E-state index contributed by atoms with van der Waals surface area (Å²) in [6.45, 7) is 7.78. The van der Waals surface area contributed by atoms with Gasteiger partial charge in [0.25, 0.3) is 0 Å².